The Kier molecular flexibility index (Phi) is 27.3. The molecule has 0 saturated heterocycles. The molecule has 0 spiro atoms. The summed E-state index contributed by atoms with van der Waals surface area (Å²) in [6, 6.07) is -12.5. The number of aliphatic carboxylic acids is 1. The Morgan fingerprint density at radius 3 is 1.53 bits per heavy atom. The van der Waals surface area contributed by atoms with Gasteiger partial charge < -0.3 is 96.3 Å². The van der Waals surface area contributed by atoms with Crippen molar-refractivity contribution in [3.8, 4) is 0 Å². The highest BCUT2D eigenvalue weighted by Gasteiger charge is 2.33. The number of guanidine groups is 1. The molecule has 66 heavy (non-hydrogen) atoms. The summed E-state index contributed by atoms with van der Waals surface area (Å²) in [6.45, 7) is 1.11. The Bertz CT molecular complexity index is 1750. The van der Waals surface area contributed by atoms with E-state index in [1.165, 1.54) is 0 Å². The first kappa shape index (κ1) is 59.2. The van der Waals surface area contributed by atoms with Crippen molar-refractivity contribution >= 4 is 71.0 Å². The van der Waals surface area contributed by atoms with Crippen LogP contribution in [0.4, 0.5) is 0 Å². The van der Waals surface area contributed by atoms with Crippen LogP contribution in [0.2, 0.25) is 0 Å². The Morgan fingerprint density at radius 2 is 1.06 bits per heavy atom. The zero-order chi connectivity index (χ0) is 50.8. The summed E-state index contributed by atoms with van der Waals surface area (Å²) in [4.78, 5) is 142. The minimum Gasteiger partial charge on any atom is -0.480 e. The summed E-state index contributed by atoms with van der Waals surface area (Å²) >= 11 is 0. The predicted molar refractivity (Wildman–Crippen MR) is 227 cm³/mol. The molecule has 0 aliphatic carbocycles. The monoisotopic (exact) mass is 948 g/mol. The highest BCUT2D eigenvalue weighted by molar-refractivity contribution is 5.98. The number of nitrogens with zero attached hydrogens (tertiary/aromatic N) is 1. The number of aliphatic hydroxyl groups is 4. The minimum absolute atomic E-state index is 0.00729. The number of hydrogen-bond donors (Lipinski definition) is 18. The van der Waals surface area contributed by atoms with Crippen LogP contribution in [0.1, 0.15) is 53.4 Å². The maximum atomic E-state index is 13.3. The molecule has 30 nitrogen and oxygen atoms in total. The summed E-state index contributed by atoms with van der Waals surface area (Å²) < 4.78 is 0. The van der Waals surface area contributed by atoms with E-state index in [-0.39, 0.29) is 25.3 Å². The zero-order valence-electron chi connectivity index (χ0n) is 36.8. The molecule has 374 valence electrons. The molecule has 0 radical (unpaired) electrons. The molecule has 0 bridgehead atoms. The SMILES string of the molecule is CC[C@H](C)[C@H](NC(=O)[C@@H](N)CO)C(=O)NCC(=O)N[C@@H](CCCN=C(N)N)C(=O)N[C@@H](CO)C(=O)NCC(=O)N[C@@H](CC(N)=O)C(=O)N[C@@H](CO)C(=O)N[C@@H](C)C(=O)N[C@H](C(=O)O)[C@@H](C)O. The first-order valence-electron chi connectivity index (χ1n) is 20.3. The Hall–Kier alpha value is -6.76. The lowest BCUT2D eigenvalue weighted by molar-refractivity contribution is -0.145. The van der Waals surface area contributed by atoms with E-state index in [0.29, 0.717) is 6.42 Å². The molecule has 0 saturated carbocycles. The number of hydrogen-bond acceptors (Lipinski definition) is 17. The van der Waals surface area contributed by atoms with Gasteiger partial charge in [-0.05, 0) is 32.6 Å². The Morgan fingerprint density at radius 1 is 0.576 bits per heavy atom. The molecule has 22 N–H and O–H groups in total. The number of carbonyl (C=O) groups is 11. The van der Waals surface area contributed by atoms with Gasteiger partial charge in [0.25, 0.3) is 0 Å². The van der Waals surface area contributed by atoms with E-state index in [4.69, 9.17) is 28.0 Å². The number of carbonyl (C=O) groups excluding carboxylic acids is 10. The van der Waals surface area contributed by atoms with Crippen molar-refractivity contribution in [1.29, 1.82) is 0 Å². The van der Waals surface area contributed by atoms with Gasteiger partial charge in [0.15, 0.2) is 12.0 Å². The van der Waals surface area contributed by atoms with Crippen molar-refractivity contribution in [2.45, 2.75) is 108 Å². The van der Waals surface area contributed by atoms with Crippen molar-refractivity contribution in [3.05, 3.63) is 0 Å². The molecule has 0 aromatic rings. The van der Waals surface area contributed by atoms with E-state index >= 15 is 0 Å². The number of aliphatic hydroxyl groups excluding tert-OH is 4. The molecule has 10 amide bonds. The van der Waals surface area contributed by atoms with Crippen molar-refractivity contribution < 1.29 is 78.3 Å². The fourth-order valence-electron chi connectivity index (χ4n) is 5.27. The van der Waals surface area contributed by atoms with E-state index in [1.807, 2.05) is 10.6 Å². The quantitative estimate of drug-likeness (QED) is 0.0174. The molecule has 0 heterocycles. The number of amides is 10. The summed E-state index contributed by atoms with van der Waals surface area (Å²) in [5, 5.41) is 67.3. The predicted octanol–water partition coefficient (Wildman–Crippen LogP) is -10.6. The first-order valence-corrected chi connectivity index (χ1v) is 20.3. The molecular weight excluding hydrogens is 884 g/mol. The fourth-order valence-corrected chi connectivity index (χ4v) is 5.27. The van der Waals surface area contributed by atoms with Crippen LogP contribution in [-0.2, 0) is 52.7 Å². The number of aliphatic imine (C=N–C) groups is 1. The van der Waals surface area contributed by atoms with Crippen molar-refractivity contribution in [1.82, 2.24) is 47.9 Å². The van der Waals surface area contributed by atoms with Crippen LogP contribution >= 0.6 is 0 Å². The van der Waals surface area contributed by atoms with Crippen LogP contribution in [0.25, 0.3) is 0 Å². The van der Waals surface area contributed by atoms with Crippen LogP contribution in [0.3, 0.4) is 0 Å². The number of carboxylic acid groups (broad SMARTS) is 1. The Labute approximate surface area is 377 Å². The van der Waals surface area contributed by atoms with Gasteiger partial charge in [0.2, 0.25) is 59.1 Å². The number of nitrogens with two attached hydrogens (primary N) is 4. The second kappa shape index (κ2) is 30.4. The molecule has 0 rings (SSSR count). The third kappa shape index (κ3) is 22.2. The molecule has 0 aliphatic heterocycles. The lowest BCUT2D eigenvalue weighted by Gasteiger charge is -2.25. The second-order valence-corrected chi connectivity index (χ2v) is 14.7. The highest BCUT2D eigenvalue weighted by Crippen LogP contribution is 2.08. The van der Waals surface area contributed by atoms with E-state index in [9.17, 15) is 73.2 Å². The van der Waals surface area contributed by atoms with Gasteiger partial charge in [0.05, 0.1) is 45.4 Å². The van der Waals surface area contributed by atoms with E-state index < -0.39 is 165 Å². The third-order valence-corrected chi connectivity index (χ3v) is 9.26. The normalized spacial score (nSPS) is 15.3. The molecule has 0 unspecified atom stereocenters. The van der Waals surface area contributed by atoms with Crippen LogP contribution in [-0.4, -0.2) is 190 Å². The summed E-state index contributed by atoms with van der Waals surface area (Å²) in [6.07, 6.45) is -2.03. The van der Waals surface area contributed by atoms with Crippen LogP contribution in [0, 0.1) is 5.92 Å². The van der Waals surface area contributed by atoms with Gasteiger partial charge in [-0.2, -0.15) is 0 Å². The standard InChI is InChI=1S/C36H64N14O16/c1-5-15(2)26(49-29(59)18(37)12-51)34(64)43-11-24(56)45-19(7-6-8-41-36(39)40)31(61)47-21(13-52)30(60)42-10-25(57)46-20(9-23(38)55)32(62)48-22(14-53)33(63)44-16(3)28(58)50-27(17(4)54)35(65)66/h15-22,26-27,51-54H,5-14,37H2,1-4H3,(H2,38,55)(H,42,60)(H,43,64)(H,44,63)(H,45,56)(H,46,57)(H,47,61)(H,48,62)(H,49,59)(H,50,58)(H,65,66)(H4,39,40,41)/t15-,16-,17+,18-,19-,20-,21-,22-,26-,27-/m0/s1. The van der Waals surface area contributed by atoms with Gasteiger partial charge in [-0.25, -0.2) is 4.79 Å². The van der Waals surface area contributed by atoms with Crippen LogP contribution in [0.15, 0.2) is 4.99 Å². The molecule has 0 aliphatic rings. The lowest BCUT2D eigenvalue weighted by atomic mass is 9.98. The number of nitrogens with one attached hydrogen (secondary N) is 9. The fraction of sp³-hybridized carbons (Fsp3) is 0.667. The molecule has 0 aromatic heterocycles. The zero-order valence-corrected chi connectivity index (χ0v) is 36.8. The maximum absolute atomic E-state index is 13.3. The van der Waals surface area contributed by atoms with E-state index in [2.05, 4.69) is 42.2 Å². The number of carboxylic acids is 1. The van der Waals surface area contributed by atoms with Crippen molar-refractivity contribution in [3.63, 3.8) is 0 Å². The van der Waals surface area contributed by atoms with Gasteiger partial charge in [-0.1, -0.05) is 20.3 Å². The van der Waals surface area contributed by atoms with Gasteiger partial charge >= 0.3 is 5.97 Å². The largest absolute Gasteiger partial charge is 0.480 e. The molecular formula is C36H64N14O16. The second-order valence-electron chi connectivity index (χ2n) is 14.7. The number of primary amides is 1. The minimum atomic E-state index is -1.82. The highest BCUT2D eigenvalue weighted by atomic mass is 16.4. The number of rotatable bonds is 31. The van der Waals surface area contributed by atoms with Crippen molar-refractivity contribution in [2.75, 3.05) is 39.5 Å². The van der Waals surface area contributed by atoms with Gasteiger partial charge in [0, 0.05) is 6.54 Å². The van der Waals surface area contributed by atoms with Gasteiger partial charge in [-0.3, -0.25) is 52.9 Å². The maximum Gasteiger partial charge on any atom is 0.328 e. The summed E-state index contributed by atoms with van der Waals surface area (Å²) in [5.74, 6) is -12.7. The van der Waals surface area contributed by atoms with Crippen LogP contribution < -0.4 is 70.8 Å². The van der Waals surface area contributed by atoms with E-state index in [0.717, 1.165) is 13.8 Å². The topological polar surface area (TPSA) is 514 Å². The van der Waals surface area contributed by atoms with Crippen molar-refractivity contribution in [2.24, 2.45) is 33.8 Å². The average molecular weight is 949 g/mol. The van der Waals surface area contributed by atoms with E-state index in [1.54, 1.807) is 13.8 Å². The lowest BCUT2D eigenvalue weighted by Crippen LogP contribution is -2.59. The molecule has 30 heteroatoms. The molecule has 0 fully saturated rings. The first-order chi connectivity index (χ1) is 30.8. The third-order valence-electron chi connectivity index (χ3n) is 9.26. The average Bonchev–Trinajstić information content (AvgIpc) is 3.25. The molecule has 0 aromatic carbocycles. The molecule has 10 atom stereocenters. The Balaban J connectivity index is 5.75. The smallest absolute Gasteiger partial charge is 0.328 e. The summed E-state index contributed by atoms with van der Waals surface area (Å²) in [5.41, 5.74) is 21.4. The summed E-state index contributed by atoms with van der Waals surface area (Å²) in [7, 11) is 0. The van der Waals surface area contributed by atoms with Crippen LogP contribution in [0.5, 0.6) is 0 Å². The van der Waals surface area contributed by atoms with Gasteiger partial charge in [0.1, 0.15) is 42.3 Å². The van der Waals surface area contributed by atoms with Gasteiger partial charge in [-0.15, -0.1) is 0 Å².